The van der Waals surface area contributed by atoms with Gasteiger partial charge in [0.1, 0.15) is 0 Å². The largest absolute Gasteiger partial charge is 0.309 e. The number of nitro benzene ring substituents is 1. The van der Waals surface area contributed by atoms with Gasteiger partial charge in [0.05, 0.1) is 4.92 Å². The van der Waals surface area contributed by atoms with E-state index in [9.17, 15) is 10.1 Å². The van der Waals surface area contributed by atoms with E-state index in [1.807, 2.05) is 24.3 Å². The fourth-order valence-corrected chi connectivity index (χ4v) is 1.81. The Morgan fingerprint density at radius 2 is 1.42 bits per heavy atom. The fourth-order valence-electron chi connectivity index (χ4n) is 1.69. The van der Waals surface area contributed by atoms with Crippen LogP contribution in [0.15, 0.2) is 48.5 Å². The van der Waals surface area contributed by atoms with Crippen LogP contribution in [0.1, 0.15) is 11.1 Å². The normalized spacial score (nSPS) is 10.4. The van der Waals surface area contributed by atoms with Gasteiger partial charge < -0.3 is 5.32 Å². The molecular formula is C14H13ClN2O2. The van der Waals surface area contributed by atoms with Crippen molar-refractivity contribution in [1.29, 1.82) is 0 Å². The number of hydrogen-bond acceptors (Lipinski definition) is 3. The minimum atomic E-state index is -0.398. The molecule has 0 aliphatic heterocycles. The standard InChI is InChI=1S/C14H13ClN2O2/c15-13-5-1-11(2-6-13)9-16-10-12-3-7-14(8-4-12)17(18)19/h1-8,16H,9-10H2. The van der Waals surface area contributed by atoms with E-state index in [1.54, 1.807) is 12.1 Å². The van der Waals surface area contributed by atoms with Crippen LogP contribution in [-0.2, 0) is 13.1 Å². The summed E-state index contributed by atoms with van der Waals surface area (Å²) in [5.74, 6) is 0. The maximum atomic E-state index is 10.5. The Kier molecular flexibility index (Phi) is 4.49. The van der Waals surface area contributed by atoms with Crippen molar-refractivity contribution in [3.8, 4) is 0 Å². The molecule has 2 rings (SSSR count). The van der Waals surface area contributed by atoms with Crippen molar-refractivity contribution in [3.05, 3.63) is 74.8 Å². The van der Waals surface area contributed by atoms with Crippen LogP contribution in [0.2, 0.25) is 5.02 Å². The van der Waals surface area contributed by atoms with Crippen LogP contribution < -0.4 is 5.32 Å². The SMILES string of the molecule is O=[N+]([O-])c1ccc(CNCc2ccc(Cl)cc2)cc1. The van der Waals surface area contributed by atoms with Crippen LogP contribution in [0, 0.1) is 10.1 Å². The van der Waals surface area contributed by atoms with Gasteiger partial charge in [-0.2, -0.15) is 0 Å². The molecule has 0 saturated heterocycles. The first-order valence-electron chi connectivity index (χ1n) is 5.83. The first-order valence-corrected chi connectivity index (χ1v) is 6.21. The minimum absolute atomic E-state index is 0.112. The summed E-state index contributed by atoms with van der Waals surface area (Å²) < 4.78 is 0. The van der Waals surface area contributed by atoms with Gasteiger partial charge in [-0.1, -0.05) is 35.9 Å². The molecule has 0 atom stereocenters. The van der Waals surface area contributed by atoms with Crippen molar-refractivity contribution >= 4 is 17.3 Å². The molecule has 0 saturated carbocycles. The van der Waals surface area contributed by atoms with Crippen molar-refractivity contribution in [1.82, 2.24) is 5.32 Å². The molecule has 0 aliphatic carbocycles. The first-order chi connectivity index (χ1) is 9.15. The quantitative estimate of drug-likeness (QED) is 0.671. The predicted octanol–water partition coefficient (Wildman–Crippen LogP) is 3.54. The Morgan fingerprint density at radius 1 is 0.947 bits per heavy atom. The number of non-ortho nitro benzene ring substituents is 1. The molecule has 0 aliphatic rings. The molecular weight excluding hydrogens is 264 g/mol. The number of halogens is 1. The van der Waals surface area contributed by atoms with Crippen LogP contribution in [0.4, 0.5) is 5.69 Å². The molecule has 2 aromatic carbocycles. The summed E-state index contributed by atoms with van der Waals surface area (Å²) in [6, 6.07) is 14.2. The Balaban J connectivity index is 1.85. The number of rotatable bonds is 5. The summed E-state index contributed by atoms with van der Waals surface area (Å²) in [5, 5.41) is 14.5. The van der Waals surface area contributed by atoms with Crippen molar-refractivity contribution < 1.29 is 4.92 Å². The number of nitro groups is 1. The van der Waals surface area contributed by atoms with Crippen LogP contribution in [-0.4, -0.2) is 4.92 Å². The third kappa shape index (κ3) is 4.05. The molecule has 0 amide bonds. The van der Waals surface area contributed by atoms with Gasteiger partial charge in [-0.25, -0.2) is 0 Å². The topological polar surface area (TPSA) is 55.2 Å². The maximum Gasteiger partial charge on any atom is 0.269 e. The smallest absolute Gasteiger partial charge is 0.269 e. The Morgan fingerprint density at radius 3 is 1.89 bits per heavy atom. The molecule has 98 valence electrons. The van der Waals surface area contributed by atoms with Crippen molar-refractivity contribution in [2.75, 3.05) is 0 Å². The van der Waals surface area contributed by atoms with Crippen LogP contribution in [0.3, 0.4) is 0 Å². The maximum absolute atomic E-state index is 10.5. The molecule has 0 bridgehead atoms. The monoisotopic (exact) mass is 276 g/mol. The highest BCUT2D eigenvalue weighted by molar-refractivity contribution is 6.30. The fraction of sp³-hybridized carbons (Fsp3) is 0.143. The van der Waals surface area contributed by atoms with Gasteiger partial charge in [0.2, 0.25) is 0 Å². The molecule has 0 radical (unpaired) electrons. The van der Waals surface area contributed by atoms with Gasteiger partial charge in [0, 0.05) is 30.2 Å². The van der Waals surface area contributed by atoms with Crippen LogP contribution in [0.25, 0.3) is 0 Å². The average molecular weight is 277 g/mol. The Bertz CT molecular complexity index is 553. The Labute approximate surface area is 116 Å². The van der Waals surface area contributed by atoms with E-state index in [0.717, 1.165) is 22.7 Å². The van der Waals surface area contributed by atoms with E-state index in [2.05, 4.69) is 5.32 Å². The van der Waals surface area contributed by atoms with E-state index in [-0.39, 0.29) is 5.69 Å². The van der Waals surface area contributed by atoms with Gasteiger partial charge >= 0.3 is 0 Å². The lowest BCUT2D eigenvalue weighted by Gasteiger charge is -2.05. The second-order valence-corrected chi connectivity index (χ2v) is 4.59. The van der Waals surface area contributed by atoms with Gasteiger partial charge in [-0.15, -0.1) is 0 Å². The molecule has 0 unspecified atom stereocenters. The first kappa shape index (κ1) is 13.5. The van der Waals surface area contributed by atoms with Crippen LogP contribution >= 0.6 is 11.6 Å². The third-order valence-electron chi connectivity index (χ3n) is 2.72. The highest BCUT2D eigenvalue weighted by atomic mass is 35.5. The summed E-state index contributed by atoms with van der Waals surface area (Å²) in [5.41, 5.74) is 2.27. The van der Waals surface area contributed by atoms with Gasteiger partial charge in [0.15, 0.2) is 0 Å². The van der Waals surface area contributed by atoms with E-state index in [1.165, 1.54) is 12.1 Å². The van der Waals surface area contributed by atoms with Gasteiger partial charge in [-0.05, 0) is 23.3 Å². The zero-order chi connectivity index (χ0) is 13.7. The highest BCUT2D eigenvalue weighted by Gasteiger charge is 2.03. The minimum Gasteiger partial charge on any atom is -0.309 e. The number of nitrogens with zero attached hydrogens (tertiary/aromatic N) is 1. The second-order valence-electron chi connectivity index (χ2n) is 4.15. The van der Waals surface area contributed by atoms with Gasteiger partial charge in [-0.3, -0.25) is 10.1 Å². The molecule has 1 N–H and O–H groups in total. The zero-order valence-electron chi connectivity index (χ0n) is 10.2. The van der Waals surface area contributed by atoms with Crippen molar-refractivity contribution in [2.24, 2.45) is 0 Å². The number of benzene rings is 2. The molecule has 0 heterocycles. The third-order valence-corrected chi connectivity index (χ3v) is 2.97. The molecule has 5 heteroatoms. The summed E-state index contributed by atoms with van der Waals surface area (Å²) >= 11 is 5.81. The lowest BCUT2D eigenvalue weighted by Crippen LogP contribution is -2.12. The molecule has 0 spiro atoms. The predicted molar refractivity (Wildman–Crippen MR) is 75.1 cm³/mol. The molecule has 4 nitrogen and oxygen atoms in total. The number of nitrogens with one attached hydrogen (secondary N) is 1. The number of hydrogen-bond donors (Lipinski definition) is 1. The summed E-state index contributed by atoms with van der Waals surface area (Å²) in [7, 11) is 0. The highest BCUT2D eigenvalue weighted by Crippen LogP contribution is 2.12. The zero-order valence-corrected chi connectivity index (χ0v) is 10.9. The van der Waals surface area contributed by atoms with E-state index in [0.29, 0.717) is 6.54 Å². The van der Waals surface area contributed by atoms with Gasteiger partial charge in [0.25, 0.3) is 5.69 Å². The van der Waals surface area contributed by atoms with E-state index in [4.69, 9.17) is 11.6 Å². The summed E-state index contributed by atoms with van der Waals surface area (Å²) in [6.07, 6.45) is 0. The average Bonchev–Trinajstić information content (AvgIpc) is 2.41. The summed E-state index contributed by atoms with van der Waals surface area (Å²) in [4.78, 5) is 10.1. The van der Waals surface area contributed by atoms with Crippen molar-refractivity contribution in [2.45, 2.75) is 13.1 Å². The van der Waals surface area contributed by atoms with E-state index < -0.39 is 4.92 Å². The van der Waals surface area contributed by atoms with Crippen molar-refractivity contribution in [3.63, 3.8) is 0 Å². The van der Waals surface area contributed by atoms with E-state index >= 15 is 0 Å². The molecule has 19 heavy (non-hydrogen) atoms. The lowest BCUT2D eigenvalue weighted by molar-refractivity contribution is -0.384. The lowest BCUT2D eigenvalue weighted by atomic mass is 10.2. The molecule has 2 aromatic rings. The molecule has 0 aromatic heterocycles. The Hall–Kier alpha value is -1.91. The molecule has 0 fully saturated rings. The summed E-state index contributed by atoms with van der Waals surface area (Å²) in [6.45, 7) is 1.40. The van der Waals surface area contributed by atoms with Crippen LogP contribution in [0.5, 0.6) is 0 Å². The second kappa shape index (κ2) is 6.31.